The van der Waals surface area contributed by atoms with Crippen LogP contribution < -0.4 is 10.6 Å². The first-order valence-corrected chi connectivity index (χ1v) is 6.38. The maximum atomic E-state index is 11.8. The number of nitrogens with one attached hydrogen (secondary N) is 2. The van der Waals surface area contributed by atoms with E-state index in [1.807, 2.05) is 30.3 Å². The number of hydrogen-bond acceptors (Lipinski definition) is 3. The first-order chi connectivity index (χ1) is 8.36. The maximum absolute atomic E-state index is 11.8. The molecule has 0 amide bonds. The zero-order valence-electron chi connectivity index (χ0n) is 10.1. The SMILES string of the molecule is O=C(CCNC1CCNCC1)c1ccccc1. The predicted molar refractivity (Wildman–Crippen MR) is 69.3 cm³/mol. The van der Waals surface area contributed by atoms with Gasteiger partial charge in [-0.05, 0) is 25.9 Å². The van der Waals surface area contributed by atoms with Crippen LogP contribution in [0.1, 0.15) is 29.6 Å². The maximum Gasteiger partial charge on any atom is 0.164 e. The molecule has 0 atom stereocenters. The summed E-state index contributed by atoms with van der Waals surface area (Å²) in [7, 11) is 0. The fraction of sp³-hybridized carbons (Fsp3) is 0.500. The molecule has 1 aromatic rings. The van der Waals surface area contributed by atoms with Crippen LogP contribution in [0, 0.1) is 0 Å². The molecule has 92 valence electrons. The van der Waals surface area contributed by atoms with Gasteiger partial charge in [-0.1, -0.05) is 30.3 Å². The largest absolute Gasteiger partial charge is 0.317 e. The standard InChI is InChI=1S/C14H20N2O/c17-14(12-4-2-1-3-5-12)8-11-16-13-6-9-15-10-7-13/h1-5,13,15-16H,6-11H2. The van der Waals surface area contributed by atoms with Gasteiger partial charge in [0, 0.05) is 24.6 Å². The van der Waals surface area contributed by atoms with Gasteiger partial charge in [-0.25, -0.2) is 0 Å². The minimum atomic E-state index is 0.229. The molecule has 1 fully saturated rings. The van der Waals surface area contributed by atoms with E-state index >= 15 is 0 Å². The van der Waals surface area contributed by atoms with Crippen LogP contribution in [0.4, 0.5) is 0 Å². The Labute approximate surface area is 103 Å². The Bertz CT molecular complexity index is 344. The van der Waals surface area contributed by atoms with Gasteiger partial charge in [0.1, 0.15) is 0 Å². The highest BCUT2D eigenvalue weighted by Crippen LogP contribution is 2.04. The monoisotopic (exact) mass is 232 g/mol. The molecule has 0 unspecified atom stereocenters. The molecule has 0 radical (unpaired) electrons. The summed E-state index contributed by atoms with van der Waals surface area (Å²) >= 11 is 0. The van der Waals surface area contributed by atoms with Crippen molar-refractivity contribution in [3.63, 3.8) is 0 Å². The molecule has 0 aliphatic carbocycles. The van der Waals surface area contributed by atoms with Gasteiger partial charge in [-0.15, -0.1) is 0 Å². The lowest BCUT2D eigenvalue weighted by atomic mass is 10.1. The van der Waals surface area contributed by atoms with Crippen molar-refractivity contribution in [3.8, 4) is 0 Å². The fourth-order valence-electron chi connectivity index (χ4n) is 2.18. The summed E-state index contributed by atoms with van der Waals surface area (Å²) in [5, 5.41) is 6.79. The Balaban J connectivity index is 1.69. The Kier molecular flexibility index (Phi) is 4.71. The minimum absolute atomic E-state index is 0.229. The highest BCUT2D eigenvalue weighted by Gasteiger charge is 2.12. The Morgan fingerprint density at radius 3 is 2.65 bits per heavy atom. The number of carbonyl (C=O) groups is 1. The van der Waals surface area contributed by atoms with Gasteiger partial charge >= 0.3 is 0 Å². The van der Waals surface area contributed by atoms with E-state index in [9.17, 15) is 4.79 Å². The van der Waals surface area contributed by atoms with Crippen LogP contribution >= 0.6 is 0 Å². The van der Waals surface area contributed by atoms with Crippen LogP contribution in [0.3, 0.4) is 0 Å². The third kappa shape index (κ3) is 3.95. The lowest BCUT2D eigenvalue weighted by Crippen LogP contribution is -2.40. The molecular weight excluding hydrogens is 212 g/mol. The Hall–Kier alpha value is -1.19. The number of carbonyl (C=O) groups excluding carboxylic acids is 1. The number of piperidine rings is 1. The number of benzene rings is 1. The first kappa shape index (κ1) is 12.3. The topological polar surface area (TPSA) is 41.1 Å². The Morgan fingerprint density at radius 1 is 1.24 bits per heavy atom. The van der Waals surface area contributed by atoms with Gasteiger partial charge < -0.3 is 10.6 Å². The molecule has 0 saturated carbocycles. The van der Waals surface area contributed by atoms with Crippen molar-refractivity contribution < 1.29 is 4.79 Å². The molecule has 0 aromatic heterocycles. The number of ketones is 1. The van der Waals surface area contributed by atoms with Crippen molar-refractivity contribution in [1.29, 1.82) is 0 Å². The first-order valence-electron chi connectivity index (χ1n) is 6.38. The van der Waals surface area contributed by atoms with Crippen LogP contribution in [-0.4, -0.2) is 31.5 Å². The molecule has 17 heavy (non-hydrogen) atoms. The van der Waals surface area contributed by atoms with Crippen molar-refractivity contribution in [2.45, 2.75) is 25.3 Å². The average molecular weight is 232 g/mol. The van der Waals surface area contributed by atoms with Crippen LogP contribution in [0.15, 0.2) is 30.3 Å². The molecule has 2 N–H and O–H groups in total. The van der Waals surface area contributed by atoms with Gasteiger partial charge in [0.15, 0.2) is 5.78 Å². The number of Topliss-reactive ketones (excluding diaryl/α,β-unsaturated/α-hetero) is 1. The zero-order chi connectivity index (χ0) is 11.9. The van der Waals surface area contributed by atoms with Gasteiger partial charge in [0.05, 0.1) is 0 Å². The fourth-order valence-corrected chi connectivity index (χ4v) is 2.18. The van der Waals surface area contributed by atoms with E-state index < -0.39 is 0 Å². The van der Waals surface area contributed by atoms with E-state index in [-0.39, 0.29) is 5.78 Å². The zero-order valence-corrected chi connectivity index (χ0v) is 10.1. The molecule has 1 heterocycles. The smallest absolute Gasteiger partial charge is 0.164 e. The van der Waals surface area contributed by atoms with Crippen molar-refractivity contribution in [2.75, 3.05) is 19.6 Å². The highest BCUT2D eigenvalue weighted by molar-refractivity contribution is 5.96. The van der Waals surface area contributed by atoms with E-state index in [1.54, 1.807) is 0 Å². The third-order valence-electron chi connectivity index (χ3n) is 3.22. The summed E-state index contributed by atoms with van der Waals surface area (Å²) in [5.74, 6) is 0.229. The molecule has 3 nitrogen and oxygen atoms in total. The van der Waals surface area contributed by atoms with E-state index in [0.717, 1.165) is 25.2 Å². The molecular formula is C14H20N2O. The van der Waals surface area contributed by atoms with Crippen molar-refractivity contribution in [3.05, 3.63) is 35.9 Å². The second-order valence-electron chi connectivity index (χ2n) is 4.52. The second kappa shape index (κ2) is 6.52. The number of rotatable bonds is 5. The lowest BCUT2D eigenvalue weighted by Gasteiger charge is -2.23. The molecule has 1 aliphatic heterocycles. The van der Waals surface area contributed by atoms with Crippen LogP contribution in [0.5, 0.6) is 0 Å². The van der Waals surface area contributed by atoms with Crippen molar-refractivity contribution in [1.82, 2.24) is 10.6 Å². The van der Waals surface area contributed by atoms with Crippen LogP contribution in [-0.2, 0) is 0 Å². The Morgan fingerprint density at radius 2 is 1.94 bits per heavy atom. The third-order valence-corrected chi connectivity index (χ3v) is 3.22. The van der Waals surface area contributed by atoms with E-state index in [2.05, 4.69) is 10.6 Å². The molecule has 1 aliphatic rings. The summed E-state index contributed by atoms with van der Waals surface area (Å²) in [5.41, 5.74) is 0.819. The van der Waals surface area contributed by atoms with E-state index in [1.165, 1.54) is 12.8 Å². The summed E-state index contributed by atoms with van der Waals surface area (Å²) in [6.07, 6.45) is 2.92. The van der Waals surface area contributed by atoms with E-state index in [0.29, 0.717) is 12.5 Å². The summed E-state index contributed by atoms with van der Waals surface area (Å²) < 4.78 is 0. The second-order valence-corrected chi connectivity index (χ2v) is 4.52. The predicted octanol–water partition coefficient (Wildman–Crippen LogP) is 1.60. The minimum Gasteiger partial charge on any atom is -0.317 e. The summed E-state index contributed by atoms with van der Waals surface area (Å²) in [4.78, 5) is 11.8. The normalized spacial score (nSPS) is 16.9. The molecule has 0 spiro atoms. The van der Waals surface area contributed by atoms with Crippen LogP contribution in [0.25, 0.3) is 0 Å². The number of hydrogen-bond donors (Lipinski definition) is 2. The van der Waals surface area contributed by atoms with Gasteiger partial charge in [0.2, 0.25) is 0 Å². The molecule has 0 bridgehead atoms. The lowest BCUT2D eigenvalue weighted by molar-refractivity contribution is 0.0981. The summed E-state index contributed by atoms with van der Waals surface area (Å²) in [6.45, 7) is 2.97. The van der Waals surface area contributed by atoms with Crippen molar-refractivity contribution in [2.24, 2.45) is 0 Å². The quantitative estimate of drug-likeness (QED) is 0.758. The molecule has 1 saturated heterocycles. The van der Waals surface area contributed by atoms with Gasteiger partial charge in [-0.2, -0.15) is 0 Å². The molecule has 3 heteroatoms. The molecule has 2 rings (SSSR count). The van der Waals surface area contributed by atoms with E-state index in [4.69, 9.17) is 0 Å². The summed E-state index contributed by atoms with van der Waals surface area (Å²) in [6, 6.07) is 10.1. The van der Waals surface area contributed by atoms with Gasteiger partial charge in [-0.3, -0.25) is 4.79 Å². The van der Waals surface area contributed by atoms with Crippen LogP contribution in [0.2, 0.25) is 0 Å². The molecule has 1 aromatic carbocycles. The van der Waals surface area contributed by atoms with Gasteiger partial charge in [0.25, 0.3) is 0 Å². The average Bonchev–Trinajstić information content (AvgIpc) is 2.41. The van der Waals surface area contributed by atoms with Crippen molar-refractivity contribution >= 4 is 5.78 Å². The highest BCUT2D eigenvalue weighted by atomic mass is 16.1.